The summed E-state index contributed by atoms with van der Waals surface area (Å²) in [5.41, 5.74) is 0.565. The summed E-state index contributed by atoms with van der Waals surface area (Å²) in [6, 6.07) is 16.8. The Balaban J connectivity index is 1.98. The van der Waals surface area contributed by atoms with Gasteiger partial charge in [0, 0.05) is 11.9 Å². The Labute approximate surface area is 158 Å². The van der Waals surface area contributed by atoms with Gasteiger partial charge in [-0.05, 0) is 31.2 Å². The molecule has 0 radical (unpaired) electrons. The number of benzene rings is 2. The fourth-order valence-electron chi connectivity index (χ4n) is 2.27. The fourth-order valence-corrected chi connectivity index (χ4v) is 3.29. The second kappa shape index (κ2) is 9.87. The van der Waals surface area contributed by atoms with Crippen molar-refractivity contribution < 1.29 is 19.1 Å². The first kappa shape index (κ1) is 19.8. The third-order valence-corrected chi connectivity index (χ3v) is 4.90. The summed E-state index contributed by atoms with van der Waals surface area (Å²) in [7, 11) is 3.10. The Hall–Kier alpha value is -2.47. The summed E-state index contributed by atoms with van der Waals surface area (Å²) in [6.07, 6.45) is 0. The molecule has 138 valence electrons. The van der Waals surface area contributed by atoms with Gasteiger partial charge in [-0.3, -0.25) is 9.59 Å². The number of hydrogen-bond donors (Lipinski definition) is 0. The zero-order chi connectivity index (χ0) is 18.9. The molecule has 0 aromatic heterocycles. The Bertz CT molecular complexity index is 736. The first-order valence-electron chi connectivity index (χ1n) is 8.29. The van der Waals surface area contributed by atoms with Gasteiger partial charge in [0.2, 0.25) is 0 Å². The van der Waals surface area contributed by atoms with E-state index >= 15 is 0 Å². The predicted octanol–water partition coefficient (Wildman–Crippen LogP) is 3.49. The van der Waals surface area contributed by atoms with Crippen LogP contribution < -0.4 is 4.74 Å². The van der Waals surface area contributed by atoms with Crippen molar-refractivity contribution in [1.29, 1.82) is 0 Å². The van der Waals surface area contributed by atoms with Crippen LogP contribution in [-0.4, -0.2) is 49.3 Å². The standard InChI is InChI=1S/C20H23NO4S/c1-15(20(23)24-3)26-18-12-8-7-11-17(18)19(22)21(2)13-14-25-16-9-5-4-6-10-16/h4-12,15H,13-14H2,1-3H3. The lowest BCUT2D eigenvalue weighted by molar-refractivity contribution is -0.139. The molecule has 0 aliphatic carbocycles. The summed E-state index contributed by atoms with van der Waals surface area (Å²) in [5, 5.41) is -0.388. The van der Waals surface area contributed by atoms with Crippen molar-refractivity contribution in [1.82, 2.24) is 4.90 Å². The van der Waals surface area contributed by atoms with E-state index in [0.29, 0.717) is 18.7 Å². The van der Waals surface area contributed by atoms with Crippen LogP contribution in [0, 0.1) is 0 Å². The molecule has 1 atom stereocenters. The van der Waals surface area contributed by atoms with E-state index in [4.69, 9.17) is 9.47 Å². The van der Waals surface area contributed by atoms with Crippen LogP contribution in [0.1, 0.15) is 17.3 Å². The average molecular weight is 373 g/mol. The van der Waals surface area contributed by atoms with Crippen molar-refractivity contribution in [2.24, 2.45) is 0 Å². The van der Waals surface area contributed by atoms with E-state index in [0.717, 1.165) is 10.6 Å². The molecule has 1 amide bonds. The van der Waals surface area contributed by atoms with E-state index in [1.807, 2.05) is 48.5 Å². The lowest BCUT2D eigenvalue weighted by atomic mass is 10.2. The summed E-state index contributed by atoms with van der Waals surface area (Å²) in [4.78, 5) is 26.8. The van der Waals surface area contributed by atoms with Gasteiger partial charge >= 0.3 is 5.97 Å². The maximum Gasteiger partial charge on any atom is 0.318 e. The maximum atomic E-state index is 12.8. The second-order valence-electron chi connectivity index (χ2n) is 5.67. The Morgan fingerprint density at radius 2 is 1.73 bits per heavy atom. The second-order valence-corrected chi connectivity index (χ2v) is 7.05. The number of thioether (sulfide) groups is 1. The highest BCUT2D eigenvalue weighted by atomic mass is 32.2. The van der Waals surface area contributed by atoms with Gasteiger partial charge < -0.3 is 14.4 Å². The van der Waals surface area contributed by atoms with Gasteiger partial charge in [0.05, 0.1) is 19.2 Å². The summed E-state index contributed by atoms with van der Waals surface area (Å²) < 4.78 is 10.4. The monoisotopic (exact) mass is 373 g/mol. The number of carbonyl (C=O) groups excluding carboxylic acids is 2. The minimum Gasteiger partial charge on any atom is -0.492 e. The van der Waals surface area contributed by atoms with Gasteiger partial charge in [0.15, 0.2) is 0 Å². The Morgan fingerprint density at radius 1 is 1.08 bits per heavy atom. The van der Waals surface area contributed by atoms with Crippen LogP contribution in [0.25, 0.3) is 0 Å². The number of methoxy groups -OCH3 is 1. The molecule has 2 aromatic rings. The Kier molecular flexibility index (Phi) is 7.53. The quantitative estimate of drug-likeness (QED) is 0.524. The minimum atomic E-state index is -0.388. The number of nitrogens with zero attached hydrogens (tertiary/aromatic N) is 1. The number of ether oxygens (including phenoxy) is 2. The molecule has 6 heteroatoms. The molecular formula is C20H23NO4S. The van der Waals surface area contributed by atoms with Gasteiger partial charge in [-0.2, -0.15) is 0 Å². The highest BCUT2D eigenvalue weighted by Gasteiger charge is 2.20. The van der Waals surface area contributed by atoms with Crippen LogP contribution in [-0.2, 0) is 9.53 Å². The highest BCUT2D eigenvalue weighted by Crippen LogP contribution is 2.28. The molecule has 2 aromatic carbocycles. The first-order valence-corrected chi connectivity index (χ1v) is 9.17. The molecule has 26 heavy (non-hydrogen) atoms. The van der Waals surface area contributed by atoms with Crippen molar-refractivity contribution in [2.75, 3.05) is 27.3 Å². The van der Waals surface area contributed by atoms with E-state index in [9.17, 15) is 9.59 Å². The molecular weight excluding hydrogens is 350 g/mol. The number of hydrogen-bond acceptors (Lipinski definition) is 5. The molecule has 0 aliphatic heterocycles. The first-order chi connectivity index (χ1) is 12.5. The minimum absolute atomic E-state index is 0.109. The topological polar surface area (TPSA) is 55.8 Å². The molecule has 0 heterocycles. The molecule has 0 saturated heterocycles. The summed E-state index contributed by atoms with van der Waals surface area (Å²) in [6.45, 7) is 2.62. The zero-order valence-corrected chi connectivity index (χ0v) is 16.0. The third-order valence-electron chi connectivity index (χ3n) is 3.74. The average Bonchev–Trinajstić information content (AvgIpc) is 2.67. The molecule has 0 bridgehead atoms. The van der Waals surface area contributed by atoms with Crippen molar-refractivity contribution >= 4 is 23.6 Å². The number of carbonyl (C=O) groups is 2. The molecule has 1 unspecified atom stereocenters. The Morgan fingerprint density at radius 3 is 2.42 bits per heavy atom. The molecule has 0 fully saturated rings. The molecule has 0 saturated carbocycles. The van der Waals surface area contributed by atoms with Crippen LogP contribution >= 0.6 is 11.8 Å². The molecule has 0 N–H and O–H groups in total. The number of rotatable bonds is 8. The van der Waals surface area contributed by atoms with Crippen LogP contribution in [0.15, 0.2) is 59.5 Å². The molecule has 0 spiro atoms. The zero-order valence-electron chi connectivity index (χ0n) is 15.2. The van der Waals surface area contributed by atoms with E-state index in [2.05, 4.69) is 0 Å². The fraction of sp³-hybridized carbons (Fsp3) is 0.300. The smallest absolute Gasteiger partial charge is 0.318 e. The van der Waals surface area contributed by atoms with Crippen molar-refractivity contribution in [3.8, 4) is 5.75 Å². The van der Waals surface area contributed by atoms with Gasteiger partial charge in [0.25, 0.3) is 5.91 Å². The molecule has 0 aliphatic rings. The van der Waals surface area contributed by atoms with E-state index in [-0.39, 0.29) is 17.1 Å². The van der Waals surface area contributed by atoms with Crippen LogP contribution in [0.5, 0.6) is 5.75 Å². The largest absolute Gasteiger partial charge is 0.492 e. The molecule has 2 rings (SSSR count). The lowest BCUT2D eigenvalue weighted by Crippen LogP contribution is -2.31. The van der Waals surface area contributed by atoms with Crippen LogP contribution in [0.3, 0.4) is 0 Å². The van der Waals surface area contributed by atoms with Gasteiger partial charge in [-0.25, -0.2) is 0 Å². The SMILES string of the molecule is COC(=O)C(C)Sc1ccccc1C(=O)N(C)CCOc1ccccc1. The van der Waals surface area contributed by atoms with Gasteiger partial charge in [-0.1, -0.05) is 30.3 Å². The van der Waals surface area contributed by atoms with E-state index < -0.39 is 0 Å². The van der Waals surface area contributed by atoms with Crippen LogP contribution in [0.2, 0.25) is 0 Å². The van der Waals surface area contributed by atoms with E-state index in [1.54, 1.807) is 24.9 Å². The van der Waals surface area contributed by atoms with Gasteiger partial charge in [-0.15, -0.1) is 11.8 Å². The van der Waals surface area contributed by atoms with Crippen molar-refractivity contribution in [3.05, 3.63) is 60.2 Å². The number of likely N-dealkylation sites (N-methyl/N-ethyl adjacent to an activating group) is 1. The number of amides is 1. The number of esters is 1. The van der Waals surface area contributed by atoms with Crippen molar-refractivity contribution in [2.45, 2.75) is 17.1 Å². The van der Waals surface area contributed by atoms with E-state index in [1.165, 1.54) is 18.9 Å². The molecule has 5 nitrogen and oxygen atoms in total. The number of para-hydroxylation sites is 1. The normalized spacial score (nSPS) is 11.5. The lowest BCUT2D eigenvalue weighted by Gasteiger charge is -2.20. The van der Waals surface area contributed by atoms with Gasteiger partial charge in [0.1, 0.15) is 17.6 Å². The summed E-state index contributed by atoms with van der Waals surface area (Å²) in [5.74, 6) is 0.347. The van der Waals surface area contributed by atoms with Crippen LogP contribution in [0.4, 0.5) is 0 Å². The maximum absolute atomic E-state index is 12.8. The van der Waals surface area contributed by atoms with Crippen molar-refractivity contribution in [3.63, 3.8) is 0 Å². The third kappa shape index (κ3) is 5.52. The summed E-state index contributed by atoms with van der Waals surface area (Å²) >= 11 is 1.32. The predicted molar refractivity (Wildman–Crippen MR) is 103 cm³/mol. The highest BCUT2D eigenvalue weighted by molar-refractivity contribution is 8.00.